The summed E-state index contributed by atoms with van der Waals surface area (Å²) in [5, 5.41) is 10.9. The maximum atomic E-state index is 11.7. The first-order chi connectivity index (χ1) is 9.16. The number of carbonyl (C=O) groups excluding carboxylic acids is 1. The second kappa shape index (κ2) is 6.05. The van der Waals surface area contributed by atoms with Crippen LogP contribution in [0.1, 0.15) is 24.2 Å². The largest absolute Gasteiger partial charge is 0.274 e. The van der Waals surface area contributed by atoms with Crippen molar-refractivity contribution in [2.75, 3.05) is 6.61 Å². The molecular formula is C12H15N5O2. The Morgan fingerprint density at radius 1 is 1.37 bits per heavy atom. The van der Waals surface area contributed by atoms with Crippen molar-refractivity contribution in [3.8, 4) is 5.69 Å². The molecule has 2 rings (SSSR count). The van der Waals surface area contributed by atoms with E-state index < -0.39 is 0 Å². The van der Waals surface area contributed by atoms with Gasteiger partial charge in [-0.1, -0.05) is 13.8 Å². The molecule has 0 spiro atoms. The van der Waals surface area contributed by atoms with Crippen LogP contribution in [0.4, 0.5) is 0 Å². The minimum atomic E-state index is -0.274. The second-order valence-electron chi connectivity index (χ2n) is 4.44. The van der Waals surface area contributed by atoms with Gasteiger partial charge in [-0.05, 0) is 40.6 Å². The van der Waals surface area contributed by atoms with Crippen LogP contribution in [-0.4, -0.2) is 32.7 Å². The molecule has 0 aliphatic carbocycles. The third-order valence-corrected chi connectivity index (χ3v) is 2.32. The third-order valence-electron chi connectivity index (χ3n) is 2.32. The fourth-order valence-corrected chi connectivity index (χ4v) is 1.38. The van der Waals surface area contributed by atoms with E-state index >= 15 is 0 Å². The summed E-state index contributed by atoms with van der Waals surface area (Å²) in [5.41, 5.74) is 3.69. The lowest BCUT2D eigenvalue weighted by Crippen LogP contribution is -2.25. The van der Waals surface area contributed by atoms with Crippen molar-refractivity contribution >= 4 is 5.91 Å². The molecule has 0 atom stereocenters. The molecule has 0 aliphatic rings. The lowest BCUT2D eigenvalue weighted by Gasteiger charge is -2.08. The summed E-state index contributed by atoms with van der Waals surface area (Å²) in [6.07, 6.45) is 1.49. The lowest BCUT2D eigenvalue weighted by atomic mass is 10.2. The number of aromatic nitrogens is 4. The van der Waals surface area contributed by atoms with Crippen molar-refractivity contribution in [1.82, 2.24) is 25.7 Å². The molecule has 0 bridgehead atoms. The van der Waals surface area contributed by atoms with Crippen LogP contribution in [0.2, 0.25) is 0 Å². The standard InChI is InChI=1S/C12H15N5O2/c1-9(2)7-19-14-12(18)10-3-5-11(6-4-10)17-8-13-15-16-17/h3-6,8-9H,7H2,1-2H3,(H,14,18). The molecule has 100 valence electrons. The van der Waals surface area contributed by atoms with Gasteiger partial charge < -0.3 is 0 Å². The molecule has 7 heteroatoms. The highest BCUT2D eigenvalue weighted by Crippen LogP contribution is 2.07. The number of hydroxylamine groups is 1. The lowest BCUT2D eigenvalue weighted by molar-refractivity contribution is 0.0208. The molecule has 1 amide bonds. The number of benzene rings is 1. The van der Waals surface area contributed by atoms with E-state index in [1.165, 1.54) is 11.0 Å². The normalized spacial score (nSPS) is 10.7. The molecule has 0 aliphatic heterocycles. The molecule has 1 heterocycles. The van der Waals surface area contributed by atoms with Crippen molar-refractivity contribution < 1.29 is 9.63 Å². The average molecular weight is 261 g/mol. The van der Waals surface area contributed by atoms with Crippen molar-refractivity contribution in [3.63, 3.8) is 0 Å². The van der Waals surface area contributed by atoms with E-state index in [0.29, 0.717) is 18.1 Å². The summed E-state index contributed by atoms with van der Waals surface area (Å²) < 4.78 is 1.51. The van der Waals surface area contributed by atoms with Crippen molar-refractivity contribution in [1.29, 1.82) is 0 Å². The fourth-order valence-electron chi connectivity index (χ4n) is 1.38. The Morgan fingerprint density at radius 2 is 2.11 bits per heavy atom. The monoisotopic (exact) mass is 261 g/mol. The molecule has 1 N–H and O–H groups in total. The molecule has 0 unspecified atom stereocenters. The van der Waals surface area contributed by atoms with Gasteiger partial charge >= 0.3 is 0 Å². The van der Waals surface area contributed by atoms with E-state index in [9.17, 15) is 4.79 Å². The van der Waals surface area contributed by atoms with Crippen LogP contribution in [0.5, 0.6) is 0 Å². The van der Waals surface area contributed by atoms with Crippen molar-refractivity contribution in [2.45, 2.75) is 13.8 Å². The summed E-state index contributed by atoms with van der Waals surface area (Å²) in [7, 11) is 0. The van der Waals surface area contributed by atoms with Gasteiger partial charge in [0.15, 0.2) is 0 Å². The Bertz CT molecular complexity index is 522. The number of hydrogen-bond acceptors (Lipinski definition) is 5. The molecule has 0 radical (unpaired) electrons. The SMILES string of the molecule is CC(C)CONC(=O)c1ccc(-n2cnnn2)cc1. The zero-order chi connectivity index (χ0) is 13.7. The maximum absolute atomic E-state index is 11.7. The van der Waals surface area contributed by atoms with Gasteiger partial charge in [-0.15, -0.1) is 5.10 Å². The van der Waals surface area contributed by atoms with E-state index in [1.54, 1.807) is 24.3 Å². The van der Waals surface area contributed by atoms with E-state index in [-0.39, 0.29) is 5.91 Å². The summed E-state index contributed by atoms with van der Waals surface area (Å²) in [6.45, 7) is 4.49. The number of rotatable bonds is 5. The minimum Gasteiger partial charge on any atom is -0.273 e. The molecule has 0 saturated heterocycles. The Balaban J connectivity index is 1.96. The molecule has 0 fully saturated rings. The van der Waals surface area contributed by atoms with Crippen LogP contribution < -0.4 is 5.48 Å². The van der Waals surface area contributed by atoms with Gasteiger partial charge in [0.2, 0.25) is 0 Å². The summed E-state index contributed by atoms with van der Waals surface area (Å²) >= 11 is 0. The predicted molar refractivity (Wildman–Crippen MR) is 67.4 cm³/mol. The molecule has 7 nitrogen and oxygen atoms in total. The summed E-state index contributed by atoms with van der Waals surface area (Å²) in [5.74, 6) is 0.0893. The van der Waals surface area contributed by atoms with Crippen molar-refractivity contribution in [3.05, 3.63) is 36.2 Å². The van der Waals surface area contributed by atoms with Gasteiger partial charge in [0, 0.05) is 5.56 Å². The van der Waals surface area contributed by atoms with Crippen LogP contribution >= 0.6 is 0 Å². The van der Waals surface area contributed by atoms with Crippen LogP contribution in [-0.2, 0) is 4.84 Å². The zero-order valence-electron chi connectivity index (χ0n) is 10.8. The Morgan fingerprint density at radius 3 is 2.68 bits per heavy atom. The second-order valence-corrected chi connectivity index (χ2v) is 4.44. The van der Waals surface area contributed by atoms with Gasteiger partial charge in [0.25, 0.3) is 5.91 Å². The van der Waals surface area contributed by atoms with Crippen LogP contribution in [0.15, 0.2) is 30.6 Å². The van der Waals surface area contributed by atoms with Gasteiger partial charge in [-0.2, -0.15) is 0 Å². The van der Waals surface area contributed by atoms with Crippen LogP contribution in [0, 0.1) is 5.92 Å². The minimum absolute atomic E-state index is 0.274. The Labute approximate surface area is 110 Å². The number of tetrazole rings is 1. The van der Waals surface area contributed by atoms with E-state index in [2.05, 4.69) is 21.0 Å². The van der Waals surface area contributed by atoms with Crippen LogP contribution in [0.3, 0.4) is 0 Å². The van der Waals surface area contributed by atoms with Crippen LogP contribution in [0.25, 0.3) is 5.69 Å². The van der Waals surface area contributed by atoms with Gasteiger partial charge in [0.05, 0.1) is 12.3 Å². The molecule has 19 heavy (non-hydrogen) atoms. The average Bonchev–Trinajstić information content (AvgIpc) is 2.92. The smallest absolute Gasteiger partial charge is 0.273 e. The highest BCUT2D eigenvalue weighted by atomic mass is 16.6. The number of amides is 1. The Kier molecular flexibility index (Phi) is 4.19. The number of carbonyl (C=O) groups is 1. The fraction of sp³-hybridized carbons (Fsp3) is 0.333. The highest BCUT2D eigenvalue weighted by molar-refractivity contribution is 5.93. The predicted octanol–water partition coefficient (Wildman–Crippen LogP) is 0.980. The first-order valence-electron chi connectivity index (χ1n) is 5.92. The summed E-state index contributed by atoms with van der Waals surface area (Å²) in [6, 6.07) is 6.89. The highest BCUT2D eigenvalue weighted by Gasteiger charge is 2.06. The number of nitrogens with zero attached hydrogens (tertiary/aromatic N) is 4. The van der Waals surface area contributed by atoms with Crippen molar-refractivity contribution in [2.24, 2.45) is 5.92 Å². The topological polar surface area (TPSA) is 81.9 Å². The van der Waals surface area contributed by atoms with E-state index in [1.807, 2.05) is 13.8 Å². The van der Waals surface area contributed by atoms with Gasteiger partial charge in [-0.25, -0.2) is 10.2 Å². The van der Waals surface area contributed by atoms with E-state index in [0.717, 1.165) is 5.69 Å². The molecule has 0 saturated carbocycles. The molecular weight excluding hydrogens is 246 g/mol. The first-order valence-corrected chi connectivity index (χ1v) is 5.92. The molecule has 1 aromatic carbocycles. The number of hydrogen-bond donors (Lipinski definition) is 1. The zero-order valence-corrected chi connectivity index (χ0v) is 10.8. The molecule has 2 aromatic rings. The maximum Gasteiger partial charge on any atom is 0.274 e. The quantitative estimate of drug-likeness (QED) is 0.811. The van der Waals surface area contributed by atoms with Gasteiger partial charge in [0.1, 0.15) is 6.33 Å². The Hall–Kier alpha value is -2.28. The van der Waals surface area contributed by atoms with Gasteiger partial charge in [-0.3, -0.25) is 9.63 Å². The first kappa shape index (κ1) is 13.2. The summed E-state index contributed by atoms with van der Waals surface area (Å²) in [4.78, 5) is 16.8. The number of nitrogens with one attached hydrogen (secondary N) is 1. The molecule has 1 aromatic heterocycles. The third kappa shape index (κ3) is 3.59. The van der Waals surface area contributed by atoms with E-state index in [4.69, 9.17) is 4.84 Å².